The quantitative estimate of drug-likeness (QED) is 0.817. The van der Waals surface area contributed by atoms with Gasteiger partial charge in [-0.05, 0) is 53.4 Å². The second kappa shape index (κ2) is 6.76. The van der Waals surface area contributed by atoms with E-state index in [4.69, 9.17) is 0 Å². The molecule has 1 aliphatic rings. The Morgan fingerprint density at radius 2 is 1.84 bits per heavy atom. The highest BCUT2D eigenvalue weighted by molar-refractivity contribution is 9.10. The monoisotopic (exact) mass is 325 g/mol. The number of halogens is 1. The SMILES string of the molecule is CC(O)c1ccc(N(C)C2CCCCCC2)c(Br)c1. The molecule has 0 radical (unpaired) electrons. The summed E-state index contributed by atoms with van der Waals surface area (Å²) in [5, 5.41) is 9.63. The normalized spacial score (nSPS) is 18.9. The number of hydrogen-bond acceptors (Lipinski definition) is 2. The van der Waals surface area contributed by atoms with Crippen molar-refractivity contribution in [2.75, 3.05) is 11.9 Å². The van der Waals surface area contributed by atoms with E-state index in [1.165, 1.54) is 44.2 Å². The third kappa shape index (κ3) is 3.73. The van der Waals surface area contributed by atoms with Crippen LogP contribution in [0.3, 0.4) is 0 Å². The molecule has 1 N–H and O–H groups in total. The molecule has 3 heteroatoms. The Kier molecular flexibility index (Phi) is 5.28. The minimum Gasteiger partial charge on any atom is -0.389 e. The Hall–Kier alpha value is -0.540. The van der Waals surface area contributed by atoms with Crippen LogP contribution in [0.15, 0.2) is 22.7 Å². The Bertz CT molecular complexity index is 411. The molecular weight excluding hydrogens is 302 g/mol. The zero-order valence-corrected chi connectivity index (χ0v) is 13.5. The lowest BCUT2D eigenvalue weighted by Gasteiger charge is -2.30. The number of aliphatic hydroxyl groups excluding tert-OH is 1. The van der Waals surface area contributed by atoms with Gasteiger partial charge in [-0.25, -0.2) is 0 Å². The molecule has 2 rings (SSSR count). The third-order valence-corrected chi connectivity index (χ3v) is 4.84. The topological polar surface area (TPSA) is 23.5 Å². The van der Waals surface area contributed by atoms with Crippen LogP contribution in [0.5, 0.6) is 0 Å². The van der Waals surface area contributed by atoms with Gasteiger partial charge < -0.3 is 10.0 Å². The first-order chi connectivity index (χ1) is 9.09. The lowest BCUT2D eigenvalue weighted by molar-refractivity contribution is 0.199. The van der Waals surface area contributed by atoms with E-state index < -0.39 is 6.10 Å². The fraction of sp³-hybridized carbons (Fsp3) is 0.625. The largest absolute Gasteiger partial charge is 0.389 e. The van der Waals surface area contributed by atoms with Gasteiger partial charge in [0.05, 0.1) is 11.8 Å². The zero-order valence-electron chi connectivity index (χ0n) is 11.9. The van der Waals surface area contributed by atoms with E-state index in [0.29, 0.717) is 6.04 Å². The van der Waals surface area contributed by atoms with Gasteiger partial charge >= 0.3 is 0 Å². The second-order valence-corrected chi connectivity index (χ2v) is 6.50. The summed E-state index contributed by atoms with van der Waals surface area (Å²) in [6.07, 6.45) is 7.63. The molecule has 106 valence electrons. The molecule has 19 heavy (non-hydrogen) atoms. The lowest BCUT2D eigenvalue weighted by Crippen LogP contribution is -2.31. The maximum Gasteiger partial charge on any atom is 0.0762 e. The molecule has 1 atom stereocenters. The average molecular weight is 326 g/mol. The standard InChI is InChI=1S/C16H24BrNO/c1-12(19)13-9-10-16(15(17)11-13)18(2)14-7-5-3-4-6-8-14/h9-12,14,19H,3-8H2,1-2H3. The van der Waals surface area contributed by atoms with Crippen LogP contribution in [0.1, 0.15) is 57.1 Å². The van der Waals surface area contributed by atoms with Gasteiger partial charge in [0.15, 0.2) is 0 Å². The van der Waals surface area contributed by atoms with Crippen LogP contribution in [-0.4, -0.2) is 18.2 Å². The first-order valence-electron chi connectivity index (χ1n) is 7.30. The second-order valence-electron chi connectivity index (χ2n) is 5.64. The van der Waals surface area contributed by atoms with Crippen LogP contribution in [0.4, 0.5) is 5.69 Å². The summed E-state index contributed by atoms with van der Waals surface area (Å²) >= 11 is 3.65. The Labute approximate surface area is 124 Å². The summed E-state index contributed by atoms with van der Waals surface area (Å²) in [7, 11) is 2.19. The van der Waals surface area contributed by atoms with Crippen LogP contribution in [-0.2, 0) is 0 Å². The maximum absolute atomic E-state index is 9.63. The first-order valence-corrected chi connectivity index (χ1v) is 8.09. The Morgan fingerprint density at radius 1 is 1.21 bits per heavy atom. The molecule has 0 amide bonds. The summed E-state index contributed by atoms with van der Waals surface area (Å²) in [5.41, 5.74) is 2.20. The molecule has 1 unspecified atom stereocenters. The van der Waals surface area contributed by atoms with Crippen molar-refractivity contribution in [3.8, 4) is 0 Å². The van der Waals surface area contributed by atoms with E-state index in [1.807, 2.05) is 12.1 Å². The minimum absolute atomic E-state index is 0.409. The van der Waals surface area contributed by atoms with Gasteiger partial charge in [-0.3, -0.25) is 0 Å². The molecule has 1 aliphatic carbocycles. The summed E-state index contributed by atoms with van der Waals surface area (Å²) < 4.78 is 1.08. The van der Waals surface area contributed by atoms with Gasteiger partial charge in [-0.2, -0.15) is 0 Å². The average Bonchev–Trinajstić information content (AvgIpc) is 2.66. The smallest absolute Gasteiger partial charge is 0.0762 e. The van der Waals surface area contributed by atoms with E-state index in [2.05, 4.69) is 33.9 Å². The molecule has 0 aliphatic heterocycles. The van der Waals surface area contributed by atoms with E-state index in [0.717, 1.165) is 10.0 Å². The highest BCUT2D eigenvalue weighted by Gasteiger charge is 2.19. The van der Waals surface area contributed by atoms with Gasteiger partial charge in [-0.15, -0.1) is 0 Å². The maximum atomic E-state index is 9.63. The van der Waals surface area contributed by atoms with Crippen molar-refractivity contribution in [1.82, 2.24) is 0 Å². The van der Waals surface area contributed by atoms with E-state index in [1.54, 1.807) is 6.92 Å². The van der Waals surface area contributed by atoms with Gasteiger partial charge in [0.1, 0.15) is 0 Å². The highest BCUT2D eigenvalue weighted by Crippen LogP contribution is 2.32. The first kappa shape index (κ1) is 14.9. The van der Waals surface area contributed by atoms with Crippen LogP contribution in [0.2, 0.25) is 0 Å². The molecule has 1 aromatic carbocycles. The van der Waals surface area contributed by atoms with Crippen molar-refractivity contribution in [2.45, 2.75) is 57.6 Å². The summed E-state index contributed by atoms with van der Waals surface area (Å²) in [4.78, 5) is 2.40. The van der Waals surface area contributed by atoms with Crippen molar-refractivity contribution >= 4 is 21.6 Å². The van der Waals surface area contributed by atoms with Crippen LogP contribution < -0.4 is 4.90 Å². The van der Waals surface area contributed by atoms with Crippen LogP contribution >= 0.6 is 15.9 Å². The fourth-order valence-corrected chi connectivity index (χ4v) is 3.59. The Morgan fingerprint density at radius 3 is 2.37 bits per heavy atom. The van der Waals surface area contributed by atoms with Crippen molar-refractivity contribution in [3.63, 3.8) is 0 Å². The van der Waals surface area contributed by atoms with Crippen molar-refractivity contribution < 1.29 is 5.11 Å². The summed E-state index contributed by atoms with van der Waals surface area (Å²) in [6.45, 7) is 1.80. The van der Waals surface area contributed by atoms with Crippen molar-refractivity contribution in [3.05, 3.63) is 28.2 Å². The molecule has 2 nitrogen and oxygen atoms in total. The van der Waals surface area contributed by atoms with Crippen LogP contribution in [0.25, 0.3) is 0 Å². The van der Waals surface area contributed by atoms with Crippen molar-refractivity contribution in [2.24, 2.45) is 0 Å². The molecular formula is C16H24BrNO. The van der Waals surface area contributed by atoms with Crippen LogP contribution in [0, 0.1) is 0 Å². The Balaban J connectivity index is 2.15. The number of hydrogen-bond donors (Lipinski definition) is 1. The van der Waals surface area contributed by atoms with E-state index in [9.17, 15) is 5.11 Å². The lowest BCUT2D eigenvalue weighted by atomic mass is 10.1. The molecule has 0 saturated heterocycles. The molecule has 0 heterocycles. The predicted molar refractivity (Wildman–Crippen MR) is 84.7 cm³/mol. The molecule has 0 spiro atoms. The predicted octanol–water partition coefficient (Wildman–Crippen LogP) is 4.66. The molecule has 1 saturated carbocycles. The number of nitrogens with zero attached hydrogens (tertiary/aromatic N) is 1. The molecule has 1 fully saturated rings. The van der Waals surface area contributed by atoms with Gasteiger partial charge in [0, 0.05) is 17.6 Å². The summed E-state index contributed by atoms with van der Waals surface area (Å²) in [5.74, 6) is 0. The third-order valence-electron chi connectivity index (χ3n) is 4.21. The highest BCUT2D eigenvalue weighted by atomic mass is 79.9. The fourth-order valence-electron chi connectivity index (χ4n) is 2.91. The number of aliphatic hydroxyl groups is 1. The van der Waals surface area contributed by atoms with E-state index in [-0.39, 0.29) is 0 Å². The number of rotatable bonds is 3. The van der Waals surface area contributed by atoms with E-state index >= 15 is 0 Å². The van der Waals surface area contributed by atoms with Gasteiger partial charge in [-0.1, -0.05) is 31.7 Å². The summed E-state index contributed by atoms with van der Waals surface area (Å²) in [6, 6.07) is 6.83. The van der Waals surface area contributed by atoms with Gasteiger partial charge in [0.25, 0.3) is 0 Å². The van der Waals surface area contributed by atoms with Gasteiger partial charge in [0.2, 0.25) is 0 Å². The van der Waals surface area contributed by atoms with Crippen molar-refractivity contribution in [1.29, 1.82) is 0 Å². The zero-order chi connectivity index (χ0) is 13.8. The number of anilines is 1. The molecule has 0 bridgehead atoms. The molecule has 0 aromatic heterocycles. The molecule has 1 aromatic rings. The number of benzene rings is 1. The minimum atomic E-state index is -0.409.